The monoisotopic (exact) mass is 786 g/mol. The standard InChI is InChI=1S/C36H39Cl2F3N4O4S.ClH/c1-42(31(46)22-36(39,40)41)24-34(26-13-14-29(37)30(38)21-26,44(3)33(48)32(47)43(2)27-10-5-4-6-11-27)15-18-45-19-16-35(17-20-45)28-12-8-7-9-25(28)23-50(35)49;/h4-14,21H,15-20,22-24H2,1-3H3;1H. The lowest BCUT2D eigenvalue weighted by Crippen LogP contribution is -2.58. The fourth-order valence-electron chi connectivity index (χ4n) is 7.08. The summed E-state index contributed by atoms with van der Waals surface area (Å²) in [6.45, 7) is 1.12. The van der Waals surface area contributed by atoms with Crippen molar-refractivity contribution in [3.8, 4) is 0 Å². The highest BCUT2D eigenvalue weighted by molar-refractivity contribution is 7.85. The Hall–Kier alpha value is -3.16. The molecule has 51 heavy (non-hydrogen) atoms. The van der Waals surface area contributed by atoms with Crippen molar-refractivity contribution in [2.45, 2.75) is 47.9 Å². The number of para-hydroxylation sites is 1. The number of likely N-dealkylation sites (tertiary alicyclic amines) is 1. The first-order valence-corrected chi connectivity index (χ1v) is 18.2. The van der Waals surface area contributed by atoms with Gasteiger partial charge in [0.1, 0.15) is 6.42 Å². The summed E-state index contributed by atoms with van der Waals surface area (Å²) >= 11 is 12.7. The number of likely N-dealkylation sites (N-methyl/N-ethyl adjacent to an activating group) is 3. The maximum Gasteiger partial charge on any atom is 0.397 e. The lowest BCUT2D eigenvalue weighted by molar-refractivity contribution is -0.163. The lowest BCUT2D eigenvalue weighted by Gasteiger charge is -2.46. The molecule has 0 radical (unpaired) electrons. The molecule has 0 bridgehead atoms. The Bertz CT molecular complexity index is 1780. The molecule has 0 aliphatic carbocycles. The van der Waals surface area contributed by atoms with Crippen molar-refractivity contribution in [3.63, 3.8) is 0 Å². The number of carbonyl (C=O) groups is 3. The van der Waals surface area contributed by atoms with Crippen molar-refractivity contribution < 1.29 is 31.8 Å². The Kier molecular flexibility index (Phi) is 12.9. The first kappa shape index (κ1) is 40.6. The van der Waals surface area contributed by atoms with Crippen LogP contribution in [0.5, 0.6) is 0 Å². The number of carbonyl (C=O) groups excluding carboxylic acids is 3. The normalized spacial score (nSPS) is 17.9. The van der Waals surface area contributed by atoms with E-state index in [4.69, 9.17) is 23.2 Å². The van der Waals surface area contributed by atoms with Crippen LogP contribution in [-0.4, -0.2) is 90.1 Å². The van der Waals surface area contributed by atoms with Crippen LogP contribution in [0, 0.1) is 0 Å². The summed E-state index contributed by atoms with van der Waals surface area (Å²) in [5, 5.41) is 0.347. The van der Waals surface area contributed by atoms with Crippen LogP contribution in [0.4, 0.5) is 18.9 Å². The van der Waals surface area contributed by atoms with Gasteiger partial charge in [0.05, 0.1) is 20.3 Å². The minimum Gasteiger partial charge on any atom is -0.343 e. The Morgan fingerprint density at radius 2 is 1.51 bits per heavy atom. The highest BCUT2D eigenvalue weighted by atomic mass is 35.5. The van der Waals surface area contributed by atoms with Gasteiger partial charge in [-0.25, -0.2) is 0 Å². The average molecular weight is 788 g/mol. The van der Waals surface area contributed by atoms with E-state index in [-0.39, 0.29) is 35.4 Å². The molecule has 5 rings (SSSR count). The maximum atomic E-state index is 14.1. The Labute approximate surface area is 314 Å². The Balaban J connectivity index is 0.00000583. The molecule has 1 spiro atoms. The van der Waals surface area contributed by atoms with Gasteiger partial charge in [-0.05, 0) is 73.3 Å². The number of anilines is 1. The van der Waals surface area contributed by atoms with Crippen molar-refractivity contribution in [2.24, 2.45) is 0 Å². The van der Waals surface area contributed by atoms with Crippen molar-refractivity contribution >= 4 is 69.8 Å². The minimum atomic E-state index is -4.75. The van der Waals surface area contributed by atoms with Crippen LogP contribution < -0.4 is 4.90 Å². The molecule has 0 aromatic heterocycles. The molecule has 2 unspecified atom stereocenters. The molecule has 2 heterocycles. The number of fused-ring (bicyclic) bond motifs is 2. The third-order valence-corrected chi connectivity index (χ3v) is 12.9. The van der Waals surface area contributed by atoms with Crippen LogP contribution >= 0.6 is 35.6 Å². The molecule has 3 aromatic carbocycles. The molecular formula is C36H40Cl3F3N4O4S. The smallest absolute Gasteiger partial charge is 0.343 e. The quantitative estimate of drug-likeness (QED) is 0.224. The van der Waals surface area contributed by atoms with Gasteiger partial charge < -0.3 is 19.6 Å². The second-order valence-corrected chi connectivity index (χ2v) is 15.6. The van der Waals surface area contributed by atoms with Crippen LogP contribution in [-0.2, 0) is 41.2 Å². The van der Waals surface area contributed by atoms with Crippen molar-refractivity contribution in [1.29, 1.82) is 0 Å². The number of halogens is 6. The first-order chi connectivity index (χ1) is 23.6. The average Bonchev–Trinajstić information content (AvgIpc) is 3.36. The van der Waals surface area contributed by atoms with E-state index < -0.39 is 51.4 Å². The van der Waals surface area contributed by atoms with Crippen LogP contribution in [0.15, 0.2) is 72.8 Å². The number of piperidine rings is 1. The van der Waals surface area contributed by atoms with Crippen LogP contribution in [0.3, 0.4) is 0 Å². The molecule has 1 fully saturated rings. The van der Waals surface area contributed by atoms with E-state index in [0.29, 0.717) is 49.5 Å². The summed E-state index contributed by atoms with van der Waals surface area (Å²) in [6.07, 6.45) is -5.06. The number of benzene rings is 3. The zero-order valence-electron chi connectivity index (χ0n) is 28.4. The summed E-state index contributed by atoms with van der Waals surface area (Å²) in [7, 11) is 3.03. The summed E-state index contributed by atoms with van der Waals surface area (Å²) in [5.74, 6) is -2.50. The summed E-state index contributed by atoms with van der Waals surface area (Å²) in [4.78, 5) is 46.2. The molecule has 3 amide bonds. The highest BCUT2D eigenvalue weighted by Gasteiger charge is 2.48. The number of rotatable bonds is 9. The summed E-state index contributed by atoms with van der Waals surface area (Å²) in [5.41, 5.74) is 1.54. The number of hydrogen-bond acceptors (Lipinski definition) is 5. The van der Waals surface area contributed by atoms with Gasteiger partial charge in [-0.15, -0.1) is 12.4 Å². The Morgan fingerprint density at radius 1 is 0.882 bits per heavy atom. The van der Waals surface area contributed by atoms with E-state index in [1.54, 1.807) is 36.4 Å². The SMILES string of the molecule is CN(CC(CCN1CCC2(CC1)c1ccccc1CS2=O)(c1ccc(Cl)c(Cl)c1)N(C)C(=O)C(=O)N(C)c1ccccc1)C(=O)CC(F)(F)F.Cl. The number of nitrogens with zero attached hydrogens (tertiary/aromatic N) is 4. The molecule has 2 aliphatic heterocycles. The lowest BCUT2D eigenvalue weighted by atomic mass is 9.82. The van der Waals surface area contributed by atoms with Gasteiger partial charge in [-0.1, -0.05) is 71.7 Å². The molecule has 2 atom stereocenters. The third kappa shape index (κ3) is 8.57. The minimum absolute atomic E-state index is 0. The van der Waals surface area contributed by atoms with E-state index in [1.165, 1.54) is 43.1 Å². The van der Waals surface area contributed by atoms with Gasteiger partial charge in [0.15, 0.2) is 0 Å². The van der Waals surface area contributed by atoms with Crippen molar-refractivity contribution in [2.75, 3.05) is 52.2 Å². The van der Waals surface area contributed by atoms with Gasteiger partial charge in [-0.2, -0.15) is 13.2 Å². The summed E-state index contributed by atoms with van der Waals surface area (Å²) in [6, 6.07) is 21.1. The second kappa shape index (κ2) is 16.2. The molecule has 1 saturated heterocycles. The highest BCUT2D eigenvalue weighted by Crippen LogP contribution is 2.47. The fraction of sp³-hybridized carbons (Fsp3) is 0.417. The molecule has 0 saturated carbocycles. The summed E-state index contributed by atoms with van der Waals surface area (Å²) < 4.78 is 53.1. The largest absolute Gasteiger partial charge is 0.397 e. The number of alkyl halides is 3. The Morgan fingerprint density at radius 3 is 2.14 bits per heavy atom. The molecule has 3 aromatic rings. The van der Waals surface area contributed by atoms with Crippen molar-refractivity contribution in [1.82, 2.24) is 14.7 Å². The molecule has 2 aliphatic rings. The molecule has 276 valence electrons. The zero-order valence-corrected chi connectivity index (χ0v) is 31.6. The van der Waals surface area contributed by atoms with Gasteiger partial charge >= 0.3 is 18.0 Å². The van der Waals surface area contributed by atoms with Crippen LogP contribution in [0.2, 0.25) is 10.0 Å². The van der Waals surface area contributed by atoms with Gasteiger partial charge in [0.2, 0.25) is 5.91 Å². The van der Waals surface area contributed by atoms with Gasteiger partial charge in [-0.3, -0.25) is 18.6 Å². The molecule has 0 N–H and O–H groups in total. The van der Waals surface area contributed by atoms with E-state index in [2.05, 4.69) is 4.90 Å². The van der Waals surface area contributed by atoms with Crippen molar-refractivity contribution in [3.05, 3.63) is 99.5 Å². The molecule has 15 heteroatoms. The fourth-order valence-corrected chi connectivity index (χ4v) is 9.27. The van der Waals surface area contributed by atoms with Crippen LogP contribution in [0.1, 0.15) is 42.4 Å². The zero-order chi connectivity index (χ0) is 36.4. The predicted molar refractivity (Wildman–Crippen MR) is 197 cm³/mol. The number of amides is 3. The molecular weight excluding hydrogens is 748 g/mol. The third-order valence-electron chi connectivity index (χ3n) is 10.0. The molecule has 8 nitrogen and oxygen atoms in total. The van der Waals surface area contributed by atoms with Gasteiger partial charge in [0.25, 0.3) is 0 Å². The second-order valence-electron chi connectivity index (χ2n) is 13.0. The van der Waals surface area contributed by atoms with E-state index in [1.807, 2.05) is 24.3 Å². The van der Waals surface area contributed by atoms with E-state index >= 15 is 0 Å². The maximum absolute atomic E-state index is 14.1. The van der Waals surface area contributed by atoms with Gasteiger partial charge in [0, 0.05) is 56.5 Å². The van der Waals surface area contributed by atoms with E-state index in [9.17, 15) is 31.8 Å². The van der Waals surface area contributed by atoms with Crippen LogP contribution in [0.25, 0.3) is 0 Å². The predicted octanol–water partition coefficient (Wildman–Crippen LogP) is 6.79. The number of hydrogen-bond donors (Lipinski definition) is 0. The van der Waals surface area contributed by atoms with E-state index in [0.717, 1.165) is 16.0 Å². The first-order valence-electron chi connectivity index (χ1n) is 16.1. The topological polar surface area (TPSA) is 81.2 Å².